The highest BCUT2D eigenvalue weighted by atomic mass is 19.3. The summed E-state index contributed by atoms with van der Waals surface area (Å²) in [5, 5.41) is 9.99. The van der Waals surface area contributed by atoms with E-state index in [0.29, 0.717) is 11.0 Å². The van der Waals surface area contributed by atoms with Crippen LogP contribution in [0.5, 0.6) is 0 Å². The summed E-state index contributed by atoms with van der Waals surface area (Å²) in [6.07, 6.45) is 2.90. The second kappa shape index (κ2) is 10.4. The molecule has 1 N–H and O–H groups in total. The van der Waals surface area contributed by atoms with Crippen LogP contribution < -0.4 is 0 Å². The molecular formula is C28H25F2NO7. The second-order valence-corrected chi connectivity index (χ2v) is 9.15. The molecule has 2 aliphatic heterocycles. The van der Waals surface area contributed by atoms with Crippen LogP contribution in [0.15, 0.2) is 60.8 Å². The molecule has 2 aromatic carbocycles. The number of hydrogen-bond acceptors (Lipinski definition) is 7. The van der Waals surface area contributed by atoms with Crippen LogP contribution in [0.1, 0.15) is 38.3 Å². The minimum absolute atomic E-state index is 0.203. The van der Waals surface area contributed by atoms with Gasteiger partial charge in [0.15, 0.2) is 0 Å². The highest BCUT2D eigenvalue weighted by Gasteiger charge is 2.62. The van der Waals surface area contributed by atoms with Crippen molar-refractivity contribution in [3.8, 4) is 12.3 Å². The van der Waals surface area contributed by atoms with Crippen molar-refractivity contribution >= 4 is 17.8 Å². The van der Waals surface area contributed by atoms with E-state index in [1.807, 2.05) is 13.8 Å². The molecule has 0 saturated carbocycles. The van der Waals surface area contributed by atoms with Gasteiger partial charge in [-0.05, 0) is 44.2 Å². The number of esters is 2. The van der Waals surface area contributed by atoms with Gasteiger partial charge < -0.3 is 19.3 Å². The number of hydrogen-bond donors (Lipinski definition) is 1. The van der Waals surface area contributed by atoms with Crippen LogP contribution in [0.4, 0.5) is 8.78 Å². The lowest BCUT2D eigenvalue weighted by molar-refractivity contribution is -0.191. The normalized spacial score (nSPS) is 26.1. The number of carbonyl (C=O) groups excluding carboxylic acids is 3. The summed E-state index contributed by atoms with van der Waals surface area (Å²) in [6.45, 7) is 3.33. The maximum atomic E-state index is 14.6. The summed E-state index contributed by atoms with van der Waals surface area (Å²) < 4.78 is 46.0. The molecule has 1 unspecified atom stereocenters. The molecule has 0 bridgehead atoms. The van der Waals surface area contributed by atoms with Gasteiger partial charge in [-0.2, -0.15) is 8.78 Å². The van der Waals surface area contributed by atoms with Crippen LogP contribution in [0.3, 0.4) is 0 Å². The molecule has 0 aliphatic carbocycles. The predicted octanol–water partition coefficient (Wildman–Crippen LogP) is 3.16. The molecule has 4 rings (SSSR count). The molecule has 0 spiro atoms. The minimum atomic E-state index is -4.33. The first-order chi connectivity index (χ1) is 17.9. The molecule has 10 heteroatoms. The Bertz CT molecular complexity index is 1300. The van der Waals surface area contributed by atoms with Crippen molar-refractivity contribution in [1.82, 2.24) is 4.90 Å². The van der Waals surface area contributed by atoms with E-state index in [1.54, 1.807) is 48.5 Å². The fraction of sp³-hybridized carbons (Fsp3) is 0.321. The summed E-state index contributed by atoms with van der Waals surface area (Å²) in [5.74, 6) is -5.96. The number of alkyl halides is 2. The average Bonchev–Trinajstić information content (AvgIpc) is 3.29. The Morgan fingerprint density at radius 1 is 1.08 bits per heavy atom. The molecule has 0 aromatic heterocycles. The molecule has 2 aliphatic rings. The number of carbonyl (C=O) groups is 3. The molecular weight excluding hydrogens is 500 g/mol. The number of nitrogens with zero attached hydrogens (tertiary/aromatic N) is 1. The Hall–Kier alpha value is -4.07. The van der Waals surface area contributed by atoms with Crippen LogP contribution in [-0.4, -0.2) is 64.4 Å². The number of benzene rings is 2. The standard InChI is InChI=1S/C28H25F2NO7/c1-4-27(35)13-14-31(26(34)28(27,29)30)23-15-21(38-25(33)20-11-7-18(3)8-12-20)22(37-23)16-36-24(32)19-9-5-17(2)6-10-19/h1,5-14,21-23,35H,15-16H2,2-3H3/t21-,22+,23+,27?/m0/s1. The minimum Gasteiger partial charge on any atom is -0.459 e. The zero-order chi connectivity index (χ0) is 27.7. The number of terminal acetylenes is 1. The molecule has 1 fully saturated rings. The summed E-state index contributed by atoms with van der Waals surface area (Å²) in [7, 11) is 0. The Kier molecular flexibility index (Phi) is 7.35. The molecule has 198 valence electrons. The fourth-order valence-electron chi connectivity index (χ4n) is 4.02. The molecule has 38 heavy (non-hydrogen) atoms. The maximum absolute atomic E-state index is 14.6. The molecule has 8 nitrogen and oxygen atoms in total. The fourth-order valence-corrected chi connectivity index (χ4v) is 4.02. The van der Waals surface area contributed by atoms with E-state index in [-0.39, 0.29) is 24.2 Å². The van der Waals surface area contributed by atoms with Gasteiger partial charge in [-0.25, -0.2) is 9.59 Å². The summed E-state index contributed by atoms with van der Waals surface area (Å²) in [4.78, 5) is 38.4. The van der Waals surface area contributed by atoms with Crippen molar-refractivity contribution in [1.29, 1.82) is 0 Å². The Morgan fingerprint density at radius 3 is 2.18 bits per heavy atom. The van der Waals surface area contributed by atoms with E-state index >= 15 is 0 Å². The van der Waals surface area contributed by atoms with Crippen molar-refractivity contribution < 1.29 is 42.5 Å². The van der Waals surface area contributed by atoms with Gasteiger partial charge in [0.25, 0.3) is 0 Å². The van der Waals surface area contributed by atoms with E-state index in [0.717, 1.165) is 17.3 Å². The van der Waals surface area contributed by atoms with Crippen molar-refractivity contribution in [2.45, 2.75) is 50.2 Å². The quantitative estimate of drug-likeness (QED) is 0.457. The number of aryl methyl sites for hydroxylation is 2. The first-order valence-corrected chi connectivity index (χ1v) is 11.7. The van der Waals surface area contributed by atoms with Gasteiger partial charge in [-0.3, -0.25) is 9.69 Å². The van der Waals surface area contributed by atoms with E-state index in [4.69, 9.17) is 20.6 Å². The third-order valence-corrected chi connectivity index (χ3v) is 6.38. The lowest BCUT2D eigenvalue weighted by atomic mass is 9.92. The summed E-state index contributed by atoms with van der Waals surface area (Å²) >= 11 is 0. The van der Waals surface area contributed by atoms with Gasteiger partial charge in [0.05, 0.1) is 11.1 Å². The number of aliphatic hydroxyl groups is 1. The lowest BCUT2D eigenvalue weighted by Gasteiger charge is -2.37. The summed E-state index contributed by atoms with van der Waals surface area (Å²) in [5.41, 5.74) is -0.705. The van der Waals surface area contributed by atoms with Crippen LogP contribution in [-0.2, 0) is 19.0 Å². The molecule has 2 heterocycles. The van der Waals surface area contributed by atoms with Gasteiger partial charge in [-0.1, -0.05) is 41.3 Å². The maximum Gasteiger partial charge on any atom is 0.367 e. The smallest absolute Gasteiger partial charge is 0.367 e. The van der Waals surface area contributed by atoms with Crippen LogP contribution in [0.2, 0.25) is 0 Å². The van der Waals surface area contributed by atoms with Gasteiger partial charge in [0.1, 0.15) is 25.0 Å². The number of halogens is 2. The molecule has 1 amide bonds. The number of ether oxygens (including phenoxy) is 3. The van der Waals surface area contributed by atoms with E-state index in [2.05, 4.69) is 0 Å². The second-order valence-electron chi connectivity index (χ2n) is 9.15. The van der Waals surface area contributed by atoms with E-state index < -0.39 is 47.8 Å². The van der Waals surface area contributed by atoms with Crippen molar-refractivity contribution in [2.24, 2.45) is 0 Å². The van der Waals surface area contributed by atoms with Crippen molar-refractivity contribution in [2.75, 3.05) is 6.61 Å². The van der Waals surface area contributed by atoms with Gasteiger partial charge in [0.2, 0.25) is 5.60 Å². The number of amides is 1. The zero-order valence-electron chi connectivity index (χ0n) is 20.6. The van der Waals surface area contributed by atoms with Crippen molar-refractivity contribution in [3.63, 3.8) is 0 Å². The molecule has 0 radical (unpaired) electrons. The predicted molar refractivity (Wildman–Crippen MR) is 130 cm³/mol. The third-order valence-electron chi connectivity index (χ3n) is 6.38. The highest BCUT2D eigenvalue weighted by molar-refractivity contribution is 5.90. The Balaban J connectivity index is 1.53. The van der Waals surface area contributed by atoms with Crippen LogP contribution in [0.25, 0.3) is 0 Å². The first-order valence-electron chi connectivity index (χ1n) is 11.7. The molecule has 2 aromatic rings. The monoisotopic (exact) mass is 525 g/mol. The largest absolute Gasteiger partial charge is 0.459 e. The van der Waals surface area contributed by atoms with Gasteiger partial charge in [-0.15, -0.1) is 6.42 Å². The third kappa shape index (κ3) is 5.16. The SMILES string of the molecule is C#CC1(O)C=CN([C@H]2C[C@H](OC(=O)c3ccc(C)cc3)[C@@H](COC(=O)c3ccc(C)cc3)O2)C(=O)C1(F)F. The van der Waals surface area contributed by atoms with E-state index in [1.165, 1.54) is 5.92 Å². The summed E-state index contributed by atoms with van der Waals surface area (Å²) in [6, 6.07) is 13.2. The first kappa shape index (κ1) is 27.0. The van der Waals surface area contributed by atoms with Crippen LogP contribution >= 0.6 is 0 Å². The Labute approximate surface area is 217 Å². The Morgan fingerprint density at radius 2 is 1.63 bits per heavy atom. The molecule has 4 atom stereocenters. The topological polar surface area (TPSA) is 102 Å². The van der Waals surface area contributed by atoms with Gasteiger partial charge in [0, 0.05) is 12.6 Å². The lowest BCUT2D eigenvalue weighted by Crippen LogP contribution is -2.60. The zero-order valence-corrected chi connectivity index (χ0v) is 20.6. The van der Waals surface area contributed by atoms with Crippen molar-refractivity contribution in [3.05, 3.63) is 83.1 Å². The molecule has 1 saturated heterocycles. The number of rotatable bonds is 6. The van der Waals surface area contributed by atoms with E-state index in [9.17, 15) is 28.3 Å². The van der Waals surface area contributed by atoms with Crippen LogP contribution in [0, 0.1) is 26.2 Å². The van der Waals surface area contributed by atoms with Gasteiger partial charge >= 0.3 is 23.8 Å². The average molecular weight is 526 g/mol. The highest BCUT2D eigenvalue weighted by Crippen LogP contribution is 2.38.